The zero-order chi connectivity index (χ0) is 14.4. The van der Waals surface area contributed by atoms with E-state index in [4.69, 9.17) is 10.8 Å². The predicted molar refractivity (Wildman–Crippen MR) is 73.7 cm³/mol. The lowest BCUT2D eigenvalue weighted by atomic mass is 10.0. The maximum atomic E-state index is 11.8. The fraction of sp³-hybridized carbons (Fsp3) is 0.500. The summed E-state index contributed by atoms with van der Waals surface area (Å²) in [4.78, 5) is 11.8. The van der Waals surface area contributed by atoms with Crippen molar-refractivity contribution in [2.24, 2.45) is 5.73 Å². The molecule has 1 aromatic carbocycles. The fourth-order valence-corrected chi connectivity index (χ4v) is 1.90. The van der Waals surface area contributed by atoms with Crippen LogP contribution in [0.4, 0.5) is 0 Å². The van der Waals surface area contributed by atoms with Crippen molar-refractivity contribution in [2.75, 3.05) is 0 Å². The number of carbonyl (C=O) groups is 1. The molecular formula is C14H22N2O3. The summed E-state index contributed by atoms with van der Waals surface area (Å²) in [5, 5.41) is 21.2. The Balaban J connectivity index is 2.46. The molecule has 0 radical (unpaired) electrons. The number of nitrogens with two attached hydrogens (primary N) is 1. The van der Waals surface area contributed by atoms with Gasteiger partial charge in [-0.25, -0.2) is 0 Å². The second kappa shape index (κ2) is 7.11. The Kier molecular flexibility index (Phi) is 5.79. The Labute approximate surface area is 113 Å². The number of aliphatic hydroxyl groups is 1. The first-order chi connectivity index (χ1) is 8.88. The molecule has 1 rings (SSSR count). The van der Waals surface area contributed by atoms with Crippen molar-refractivity contribution >= 4 is 5.91 Å². The molecule has 0 bridgehead atoms. The van der Waals surface area contributed by atoms with Crippen LogP contribution < -0.4 is 11.1 Å². The molecule has 0 aliphatic heterocycles. The molecule has 3 unspecified atom stereocenters. The summed E-state index contributed by atoms with van der Waals surface area (Å²) in [6.45, 7) is 3.51. The highest BCUT2D eigenvalue weighted by molar-refractivity contribution is 5.82. The first-order valence-corrected chi connectivity index (χ1v) is 6.40. The minimum Gasteiger partial charge on any atom is -0.508 e. The van der Waals surface area contributed by atoms with Gasteiger partial charge in [-0.05, 0) is 44.4 Å². The van der Waals surface area contributed by atoms with Crippen molar-refractivity contribution in [3.63, 3.8) is 0 Å². The second-order valence-corrected chi connectivity index (χ2v) is 4.97. The number of aliphatic hydroxyl groups excluding tert-OH is 1. The Hall–Kier alpha value is -1.59. The highest BCUT2D eigenvalue weighted by Crippen LogP contribution is 2.11. The smallest absolute Gasteiger partial charge is 0.237 e. The van der Waals surface area contributed by atoms with Crippen molar-refractivity contribution in [1.82, 2.24) is 5.32 Å². The Morgan fingerprint density at radius 2 is 1.89 bits per heavy atom. The second-order valence-electron chi connectivity index (χ2n) is 4.97. The number of nitrogens with one attached hydrogen (secondary N) is 1. The maximum Gasteiger partial charge on any atom is 0.237 e. The lowest BCUT2D eigenvalue weighted by molar-refractivity contribution is -0.123. The van der Waals surface area contributed by atoms with Crippen molar-refractivity contribution in [3.05, 3.63) is 29.8 Å². The monoisotopic (exact) mass is 266 g/mol. The molecule has 0 spiro atoms. The van der Waals surface area contributed by atoms with Crippen LogP contribution in [0, 0.1) is 0 Å². The number of phenols is 1. The van der Waals surface area contributed by atoms with Gasteiger partial charge in [0.15, 0.2) is 0 Å². The van der Waals surface area contributed by atoms with Crippen LogP contribution in [0.5, 0.6) is 5.75 Å². The van der Waals surface area contributed by atoms with Crippen LogP contribution in [0.25, 0.3) is 0 Å². The first-order valence-electron chi connectivity index (χ1n) is 6.40. The van der Waals surface area contributed by atoms with Crippen LogP contribution in [0.1, 0.15) is 25.8 Å². The molecule has 0 heterocycles. The minimum absolute atomic E-state index is 0.113. The van der Waals surface area contributed by atoms with E-state index in [1.54, 1.807) is 31.2 Å². The molecule has 0 saturated heterocycles. The molecule has 5 nitrogen and oxygen atoms in total. The molecule has 0 fully saturated rings. The third kappa shape index (κ3) is 5.72. The number of amides is 1. The molecule has 19 heavy (non-hydrogen) atoms. The Morgan fingerprint density at radius 1 is 1.32 bits per heavy atom. The Morgan fingerprint density at radius 3 is 2.42 bits per heavy atom. The molecule has 106 valence electrons. The van der Waals surface area contributed by atoms with Crippen LogP contribution in [0.15, 0.2) is 24.3 Å². The minimum atomic E-state index is -0.638. The summed E-state index contributed by atoms with van der Waals surface area (Å²) in [6, 6.07) is 5.86. The SMILES string of the molecule is CC(O)CC(C)NC(=O)C(N)Cc1ccc(O)cc1. The van der Waals surface area contributed by atoms with Gasteiger partial charge >= 0.3 is 0 Å². The molecule has 5 N–H and O–H groups in total. The van der Waals surface area contributed by atoms with E-state index < -0.39 is 12.1 Å². The van der Waals surface area contributed by atoms with E-state index in [9.17, 15) is 9.90 Å². The van der Waals surface area contributed by atoms with E-state index >= 15 is 0 Å². The fourth-order valence-electron chi connectivity index (χ4n) is 1.90. The Bertz CT molecular complexity index is 404. The topological polar surface area (TPSA) is 95.6 Å². The van der Waals surface area contributed by atoms with Crippen LogP contribution in [-0.4, -0.2) is 34.3 Å². The van der Waals surface area contributed by atoms with E-state index in [0.717, 1.165) is 5.56 Å². The van der Waals surface area contributed by atoms with Gasteiger partial charge in [-0.1, -0.05) is 12.1 Å². The zero-order valence-corrected chi connectivity index (χ0v) is 11.3. The van der Waals surface area contributed by atoms with Gasteiger partial charge in [0.2, 0.25) is 5.91 Å². The maximum absolute atomic E-state index is 11.8. The van der Waals surface area contributed by atoms with Gasteiger partial charge in [0.1, 0.15) is 5.75 Å². The van der Waals surface area contributed by atoms with Crippen LogP contribution in [0.3, 0.4) is 0 Å². The number of benzene rings is 1. The zero-order valence-electron chi connectivity index (χ0n) is 11.3. The van der Waals surface area contributed by atoms with Crippen molar-refractivity contribution in [2.45, 2.75) is 44.9 Å². The summed E-state index contributed by atoms with van der Waals surface area (Å²) in [5.74, 6) is -0.0476. The van der Waals surface area contributed by atoms with E-state index in [2.05, 4.69) is 5.32 Å². The van der Waals surface area contributed by atoms with Crippen molar-refractivity contribution < 1.29 is 15.0 Å². The van der Waals surface area contributed by atoms with Crippen LogP contribution in [-0.2, 0) is 11.2 Å². The third-order valence-electron chi connectivity index (χ3n) is 2.81. The van der Waals surface area contributed by atoms with Crippen LogP contribution in [0.2, 0.25) is 0 Å². The highest BCUT2D eigenvalue weighted by Gasteiger charge is 2.17. The summed E-state index contributed by atoms with van der Waals surface area (Å²) >= 11 is 0. The van der Waals surface area contributed by atoms with E-state index in [-0.39, 0.29) is 17.7 Å². The molecule has 0 saturated carbocycles. The van der Waals surface area contributed by atoms with E-state index in [1.807, 2.05) is 6.92 Å². The number of carbonyl (C=O) groups excluding carboxylic acids is 1. The quantitative estimate of drug-likeness (QED) is 0.604. The summed E-state index contributed by atoms with van der Waals surface area (Å²) in [7, 11) is 0. The number of hydrogen-bond donors (Lipinski definition) is 4. The van der Waals surface area contributed by atoms with Gasteiger partial charge in [-0.2, -0.15) is 0 Å². The number of phenolic OH excluding ortho intramolecular Hbond substituents is 1. The summed E-state index contributed by atoms with van der Waals surface area (Å²) in [6.07, 6.45) is 0.453. The standard InChI is InChI=1S/C14H22N2O3/c1-9(7-10(2)17)16-14(19)13(15)8-11-3-5-12(18)6-4-11/h3-6,9-10,13,17-18H,7-8,15H2,1-2H3,(H,16,19). The van der Waals surface area contributed by atoms with Gasteiger partial charge in [-0.3, -0.25) is 4.79 Å². The molecular weight excluding hydrogens is 244 g/mol. The van der Waals surface area contributed by atoms with Gasteiger partial charge in [0, 0.05) is 6.04 Å². The van der Waals surface area contributed by atoms with Gasteiger partial charge in [0.05, 0.1) is 12.1 Å². The molecule has 5 heteroatoms. The van der Waals surface area contributed by atoms with E-state index in [0.29, 0.717) is 12.8 Å². The predicted octanol–water partition coefficient (Wildman–Crippen LogP) is 0.538. The third-order valence-corrected chi connectivity index (χ3v) is 2.81. The molecule has 1 aromatic rings. The first kappa shape index (κ1) is 15.5. The highest BCUT2D eigenvalue weighted by atomic mass is 16.3. The number of hydrogen-bond acceptors (Lipinski definition) is 4. The molecule has 0 aromatic heterocycles. The molecule has 3 atom stereocenters. The normalized spacial score (nSPS) is 15.6. The van der Waals surface area contributed by atoms with Gasteiger partial charge in [-0.15, -0.1) is 0 Å². The lowest BCUT2D eigenvalue weighted by Crippen LogP contribution is -2.46. The van der Waals surface area contributed by atoms with Gasteiger partial charge < -0.3 is 21.3 Å². The average Bonchev–Trinajstić information content (AvgIpc) is 2.30. The molecule has 0 aliphatic carbocycles. The average molecular weight is 266 g/mol. The summed E-state index contributed by atoms with van der Waals surface area (Å²) in [5.41, 5.74) is 6.72. The van der Waals surface area contributed by atoms with E-state index in [1.165, 1.54) is 0 Å². The van der Waals surface area contributed by atoms with Crippen molar-refractivity contribution in [3.8, 4) is 5.75 Å². The van der Waals surface area contributed by atoms with Crippen LogP contribution >= 0.6 is 0 Å². The summed E-state index contributed by atoms with van der Waals surface area (Å²) < 4.78 is 0. The van der Waals surface area contributed by atoms with Gasteiger partial charge in [0.25, 0.3) is 0 Å². The molecule has 0 aliphatic rings. The van der Waals surface area contributed by atoms with Crippen molar-refractivity contribution in [1.29, 1.82) is 0 Å². The number of rotatable bonds is 6. The largest absolute Gasteiger partial charge is 0.508 e. The molecule has 1 amide bonds. The number of aromatic hydroxyl groups is 1. The lowest BCUT2D eigenvalue weighted by Gasteiger charge is -2.18.